The fourth-order valence-corrected chi connectivity index (χ4v) is 0.320. The Morgan fingerprint density at radius 3 is 1.88 bits per heavy atom. The average Bonchev–Trinajstić information content (AvgIpc) is 1.64. The lowest BCUT2D eigenvalue weighted by atomic mass is 10.7. The maximum absolute atomic E-state index is 11.8. The van der Waals surface area contributed by atoms with E-state index in [9.17, 15) is 8.78 Å². The predicted octanol–water partition coefficient (Wildman–Crippen LogP) is 0.755. The molecule has 0 atom stereocenters. The molecule has 0 aliphatic heterocycles. The minimum Gasteiger partial charge on any atom is -0.255 e. The van der Waals surface area contributed by atoms with Crippen LogP contribution in [0.25, 0.3) is 0 Å². The fourth-order valence-electron chi connectivity index (χ4n) is 0.320. The minimum absolute atomic E-state index is 0.836. The van der Waals surface area contributed by atoms with Gasteiger partial charge in [-0.15, -0.1) is 0 Å². The number of hydrogen-bond donors (Lipinski definition) is 0. The van der Waals surface area contributed by atoms with Gasteiger partial charge in [0.25, 0.3) is 0 Å². The Balaban J connectivity index is 3.08. The van der Waals surface area contributed by atoms with Crippen LogP contribution in [0.4, 0.5) is 8.78 Å². The Morgan fingerprint density at radius 2 is 1.62 bits per heavy atom. The molecular formula is C4H2F2N2. The molecule has 0 aliphatic carbocycles. The van der Waals surface area contributed by atoms with Gasteiger partial charge in [0, 0.05) is 0 Å². The summed E-state index contributed by atoms with van der Waals surface area (Å²) in [5.41, 5.74) is 0. The van der Waals surface area contributed by atoms with E-state index in [1.165, 1.54) is 0 Å². The van der Waals surface area contributed by atoms with Gasteiger partial charge in [-0.25, -0.2) is 0 Å². The molecule has 0 aromatic carbocycles. The van der Waals surface area contributed by atoms with Crippen LogP contribution in [0.3, 0.4) is 0 Å². The highest BCUT2D eigenvalue weighted by atomic mass is 19.1. The molecule has 0 N–H and O–H groups in total. The lowest BCUT2D eigenvalue weighted by Gasteiger charge is -1.82. The predicted molar refractivity (Wildman–Crippen MR) is 21.9 cm³/mol. The van der Waals surface area contributed by atoms with Gasteiger partial charge in [0.15, 0.2) is 0 Å². The van der Waals surface area contributed by atoms with Crippen LogP contribution in [0.5, 0.6) is 0 Å². The van der Waals surface area contributed by atoms with E-state index in [-0.39, 0.29) is 0 Å². The summed E-state index contributed by atoms with van der Waals surface area (Å²) in [6.07, 6.45) is 1.67. The largest absolute Gasteiger partial charge is 0.255 e. The number of hydrogen-bond acceptors (Lipinski definition) is 2. The maximum atomic E-state index is 11.8. The van der Waals surface area contributed by atoms with Gasteiger partial charge in [-0.2, -0.15) is 13.8 Å². The fraction of sp³-hybridized carbons (Fsp3) is 0. The smallest absolute Gasteiger partial charge is 0.233 e. The van der Waals surface area contributed by atoms with E-state index < -0.39 is 11.9 Å². The molecule has 2 nitrogen and oxygen atoms in total. The summed E-state index contributed by atoms with van der Waals surface area (Å²) >= 11 is 0. The van der Waals surface area contributed by atoms with Crippen LogP contribution in [0.15, 0.2) is 12.4 Å². The van der Waals surface area contributed by atoms with Gasteiger partial charge in [-0.1, -0.05) is 0 Å². The molecule has 42 valence electrons. The molecule has 0 fully saturated rings. The van der Waals surface area contributed by atoms with Crippen molar-refractivity contribution in [2.24, 2.45) is 0 Å². The monoisotopic (exact) mass is 116 g/mol. The Kier molecular flexibility index (Phi) is 1.15. The molecule has 0 spiro atoms. The van der Waals surface area contributed by atoms with E-state index in [1.54, 1.807) is 0 Å². The lowest BCUT2D eigenvalue weighted by Crippen LogP contribution is -1.87. The number of rotatable bonds is 0. The van der Waals surface area contributed by atoms with Crippen LogP contribution >= 0.6 is 0 Å². The second-order valence-corrected chi connectivity index (χ2v) is 1.16. The Morgan fingerprint density at radius 1 is 1.12 bits per heavy atom. The second-order valence-electron chi connectivity index (χ2n) is 1.16. The van der Waals surface area contributed by atoms with E-state index in [0.29, 0.717) is 0 Å². The van der Waals surface area contributed by atoms with Gasteiger partial charge >= 0.3 is 0 Å². The standard InChI is InChI=1S/C4H2F2N2/c5-3-1-7-2-4(6)8-3/h1-2H. The van der Waals surface area contributed by atoms with Crippen molar-refractivity contribution >= 4 is 0 Å². The molecule has 1 aromatic rings. The molecule has 0 unspecified atom stereocenters. The van der Waals surface area contributed by atoms with Crippen LogP contribution in [-0.4, -0.2) is 9.97 Å². The summed E-state index contributed by atoms with van der Waals surface area (Å²) in [7, 11) is 0. The molecule has 1 heterocycles. The third-order valence-corrected chi connectivity index (χ3v) is 0.576. The SMILES string of the molecule is Fc1cncc(F)n1. The van der Waals surface area contributed by atoms with E-state index in [1.807, 2.05) is 0 Å². The second kappa shape index (κ2) is 1.81. The van der Waals surface area contributed by atoms with Gasteiger partial charge in [0.1, 0.15) is 0 Å². The minimum atomic E-state index is -0.898. The number of aromatic nitrogens is 2. The van der Waals surface area contributed by atoms with Crippen molar-refractivity contribution in [3.8, 4) is 0 Å². The van der Waals surface area contributed by atoms with Crippen LogP contribution in [0.2, 0.25) is 0 Å². The summed E-state index contributed by atoms with van der Waals surface area (Å²) in [5.74, 6) is -1.80. The van der Waals surface area contributed by atoms with Crippen molar-refractivity contribution in [2.45, 2.75) is 0 Å². The van der Waals surface area contributed by atoms with Gasteiger partial charge in [0.05, 0.1) is 12.4 Å². The zero-order valence-corrected chi connectivity index (χ0v) is 3.81. The molecule has 0 aliphatic rings. The van der Waals surface area contributed by atoms with Gasteiger partial charge < -0.3 is 0 Å². The van der Waals surface area contributed by atoms with Gasteiger partial charge in [0.2, 0.25) is 11.9 Å². The quantitative estimate of drug-likeness (QED) is 0.500. The van der Waals surface area contributed by atoms with Crippen molar-refractivity contribution in [3.63, 3.8) is 0 Å². The first-order valence-corrected chi connectivity index (χ1v) is 1.92. The summed E-state index contributed by atoms with van der Waals surface area (Å²) in [6, 6.07) is 0. The summed E-state index contributed by atoms with van der Waals surface area (Å²) in [6.45, 7) is 0. The topological polar surface area (TPSA) is 25.8 Å². The third kappa shape index (κ3) is 0.959. The number of nitrogens with zero attached hydrogens (tertiary/aromatic N) is 2. The van der Waals surface area contributed by atoms with Crippen molar-refractivity contribution < 1.29 is 8.78 Å². The maximum Gasteiger partial charge on any atom is 0.233 e. The highest BCUT2D eigenvalue weighted by Gasteiger charge is 1.91. The van der Waals surface area contributed by atoms with Crippen molar-refractivity contribution in [2.75, 3.05) is 0 Å². The van der Waals surface area contributed by atoms with E-state index in [0.717, 1.165) is 12.4 Å². The van der Waals surface area contributed by atoms with Crippen LogP contribution < -0.4 is 0 Å². The Bertz CT molecular complexity index is 172. The molecule has 0 bridgehead atoms. The zero-order chi connectivity index (χ0) is 5.98. The summed E-state index contributed by atoms with van der Waals surface area (Å²) in [4.78, 5) is 5.95. The van der Waals surface area contributed by atoms with E-state index in [2.05, 4.69) is 9.97 Å². The highest BCUT2D eigenvalue weighted by Crippen LogP contribution is 1.89. The van der Waals surface area contributed by atoms with Gasteiger partial charge in [-0.05, 0) is 0 Å². The third-order valence-electron chi connectivity index (χ3n) is 0.576. The number of halogens is 2. The first-order valence-electron chi connectivity index (χ1n) is 1.92. The normalized spacial score (nSPS) is 9.25. The lowest BCUT2D eigenvalue weighted by molar-refractivity contribution is 0.503. The molecule has 0 saturated carbocycles. The molecule has 1 aromatic heterocycles. The summed E-state index contributed by atoms with van der Waals surface area (Å²) < 4.78 is 23.5. The molecule has 0 radical (unpaired) electrons. The molecule has 8 heavy (non-hydrogen) atoms. The van der Waals surface area contributed by atoms with E-state index in [4.69, 9.17) is 0 Å². The van der Waals surface area contributed by atoms with Crippen molar-refractivity contribution in [1.29, 1.82) is 0 Å². The Hall–Kier alpha value is -1.06. The Labute approximate surface area is 44.2 Å². The van der Waals surface area contributed by atoms with Crippen molar-refractivity contribution in [1.82, 2.24) is 9.97 Å². The molecule has 1 rings (SSSR count). The highest BCUT2D eigenvalue weighted by molar-refractivity contribution is 4.78. The molecular weight excluding hydrogens is 114 g/mol. The molecule has 0 amide bonds. The first kappa shape index (κ1) is 5.08. The molecule has 0 saturated heterocycles. The van der Waals surface area contributed by atoms with Gasteiger partial charge in [-0.3, -0.25) is 4.98 Å². The first-order chi connectivity index (χ1) is 3.79. The average molecular weight is 116 g/mol. The summed E-state index contributed by atoms with van der Waals surface area (Å²) in [5, 5.41) is 0. The molecule has 4 heteroatoms. The zero-order valence-electron chi connectivity index (χ0n) is 3.81. The van der Waals surface area contributed by atoms with Crippen LogP contribution in [0, 0.1) is 11.9 Å². The van der Waals surface area contributed by atoms with Crippen LogP contribution in [-0.2, 0) is 0 Å². The van der Waals surface area contributed by atoms with Crippen molar-refractivity contribution in [3.05, 3.63) is 24.3 Å². The van der Waals surface area contributed by atoms with Crippen LogP contribution in [0.1, 0.15) is 0 Å². The van der Waals surface area contributed by atoms with E-state index >= 15 is 0 Å².